The number of thiocarbonyl (C=S) groups is 1. The molecular formula is C9H23N2O3PSSi2. The lowest BCUT2D eigenvalue weighted by Crippen LogP contribution is -2.31. The maximum absolute atomic E-state index is 12.7. The smallest absolute Gasteiger partial charge is 0.313 e. The number of hydrazone groups is 1. The molecule has 18 heavy (non-hydrogen) atoms. The molecule has 0 heterocycles. The molecule has 0 aliphatic heterocycles. The first-order valence-electron chi connectivity index (χ1n) is 5.78. The first kappa shape index (κ1) is 18.2. The van der Waals surface area contributed by atoms with Crippen molar-refractivity contribution in [3.05, 3.63) is 0 Å². The Labute approximate surface area is 117 Å². The van der Waals surface area contributed by atoms with Crippen molar-refractivity contribution < 1.29 is 13.0 Å². The Kier molecular flexibility index (Phi) is 7.17. The van der Waals surface area contributed by atoms with Gasteiger partial charge < -0.3 is 13.9 Å². The van der Waals surface area contributed by atoms with Gasteiger partial charge >= 0.3 is 7.60 Å². The summed E-state index contributed by atoms with van der Waals surface area (Å²) in [4.78, 5) is 0. The Morgan fingerprint density at radius 1 is 1.17 bits per heavy atom. The van der Waals surface area contributed by atoms with Crippen LogP contribution in [0.5, 0.6) is 0 Å². The summed E-state index contributed by atoms with van der Waals surface area (Å²) in [7, 11) is -6.91. The second-order valence-electron chi connectivity index (χ2n) is 5.85. The van der Waals surface area contributed by atoms with Gasteiger partial charge in [-0.2, -0.15) is 0 Å². The van der Waals surface area contributed by atoms with Crippen molar-refractivity contribution in [3.63, 3.8) is 0 Å². The molecule has 0 unspecified atom stereocenters. The van der Waals surface area contributed by atoms with E-state index >= 15 is 0 Å². The zero-order valence-electron chi connectivity index (χ0n) is 11.9. The highest BCUT2D eigenvalue weighted by Crippen LogP contribution is 2.52. The number of rotatable bonds is 8. The predicted molar refractivity (Wildman–Crippen MR) is 84.4 cm³/mol. The highest BCUT2D eigenvalue weighted by molar-refractivity contribution is 7.78. The molecule has 0 rings (SSSR count). The van der Waals surface area contributed by atoms with E-state index in [1.807, 2.05) is 39.3 Å². The van der Waals surface area contributed by atoms with E-state index < -0.39 is 24.2 Å². The van der Waals surface area contributed by atoms with Gasteiger partial charge in [-0.25, -0.2) is 0 Å². The lowest BCUT2D eigenvalue weighted by Gasteiger charge is -2.30. The molecule has 0 bridgehead atoms. The maximum Gasteiger partial charge on any atom is 0.313 e. The van der Waals surface area contributed by atoms with Gasteiger partial charge in [0.2, 0.25) is 0 Å². The maximum atomic E-state index is 12.7. The monoisotopic (exact) mass is 326 g/mol. The van der Waals surface area contributed by atoms with E-state index in [1.54, 1.807) is 0 Å². The minimum Gasteiger partial charge on any atom is -0.352 e. The highest BCUT2D eigenvalue weighted by atomic mass is 32.1. The van der Waals surface area contributed by atoms with Crippen LogP contribution in [0.2, 0.25) is 39.3 Å². The lowest BCUT2D eigenvalue weighted by atomic mass is 10.8. The molecule has 0 saturated heterocycles. The molecule has 0 aromatic carbocycles. The normalized spacial score (nSPS) is 13.0. The summed E-state index contributed by atoms with van der Waals surface area (Å²) in [5.41, 5.74) is 2.67. The summed E-state index contributed by atoms with van der Waals surface area (Å²) in [6, 6.07) is 0. The summed E-state index contributed by atoms with van der Waals surface area (Å²) in [5.74, 6) is 0. The summed E-state index contributed by atoms with van der Waals surface area (Å²) in [5, 5.41) is 5.77. The minimum atomic E-state index is -3.06. The van der Waals surface area contributed by atoms with E-state index in [9.17, 15) is 4.57 Å². The first-order valence-corrected chi connectivity index (χ1v) is 14.7. The molecule has 0 atom stereocenters. The number of hydrogen-bond acceptors (Lipinski definition) is 6. The van der Waals surface area contributed by atoms with Crippen LogP contribution in [0, 0.1) is 0 Å². The van der Waals surface area contributed by atoms with E-state index in [0.717, 1.165) is 0 Å². The highest BCUT2D eigenvalue weighted by Gasteiger charge is 2.35. The van der Waals surface area contributed by atoms with Crippen molar-refractivity contribution in [3.8, 4) is 0 Å². The molecule has 0 aliphatic carbocycles. The third-order valence-electron chi connectivity index (χ3n) is 1.45. The molecule has 5 nitrogen and oxygen atoms in total. The van der Waals surface area contributed by atoms with Crippen LogP contribution in [0.1, 0.15) is 0 Å². The minimum absolute atomic E-state index is 0.294. The van der Waals surface area contributed by atoms with Crippen LogP contribution < -0.4 is 5.43 Å². The van der Waals surface area contributed by atoms with E-state index in [2.05, 4.69) is 27.9 Å². The summed E-state index contributed by atoms with van der Waals surface area (Å²) in [6.45, 7) is 12.4. The Balaban J connectivity index is 4.70. The third-order valence-corrected chi connectivity index (χ3v) is 8.92. The standard InChI is InChI=1S/C9H23N2O3PSSi2/c1-17(2,3)13-15(12,14-18(4,5)6)8-7-10-11-9-16/h10H,7-8H2,1-6H3. The van der Waals surface area contributed by atoms with Crippen molar-refractivity contribution in [1.29, 1.82) is 0 Å². The molecule has 0 radical (unpaired) electrons. The van der Waals surface area contributed by atoms with Gasteiger partial charge in [-0.1, -0.05) is 0 Å². The topological polar surface area (TPSA) is 59.9 Å². The lowest BCUT2D eigenvalue weighted by molar-refractivity contribution is 0.382. The molecule has 0 aromatic heterocycles. The van der Waals surface area contributed by atoms with E-state index in [4.69, 9.17) is 8.43 Å². The number of nitrogens with one attached hydrogen (secondary N) is 1. The largest absolute Gasteiger partial charge is 0.352 e. The fraction of sp³-hybridized carbons (Fsp3) is 0.889. The van der Waals surface area contributed by atoms with Gasteiger partial charge in [0, 0.05) is 6.54 Å². The second kappa shape index (κ2) is 7.10. The van der Waals surface area contributed by atoms with Gasteiger partial charge in [-0.05, 0) is 51.5 Å². The van der Waals surface area contributed by atoms with Gasteiger partial charge in [0.15, 0.2) is 16.6 Å². The molecule has 0 aliphatic rings. The molecule has 9 heteroatoms. The van der Waals surface area contributed by atoms with E-state index in [-0.39, 0.29) is 0 Å². The molecule has 0 spiro atoms. The third kappa shape index (κ3) is 10.1. The Hall–Kier alpha value is 0.184. The zero-order chi connectivity index (χ0) is 14.4. The van der Waals surface area contributed by atoms with E-state index in [1.165, 1.54) is 0 Å². The predicted octanol–water partition coefficient (Wildman–Crippen LogP) is 3.49. The van der Waals surface area contributed by atoms with Crippen LogP contribution in [0.25, 0.3) is 0 Å². The summed E-state index contributed by atoms with van der Waals surface area (Å²) < 4.78 is 24.2. The number of nitrogens with zero attached hydrogens (tertiary/aromatic N) is 1. The molecule has 106 valence electrons. The van der Waals surface area contributed by atoms with Crippen LogP contribution in [0.3, 0.4) is 0 Å². The molecule has 0 fully saturated rings. The Morgan fingerprint density at radius 3 is 1.94 bits per heavy atom. The SMILES string of the molecule is C[Si](C)(C)OP(=O)(CCNN=C=S)O[Si](C)(C)C. The van der Waals surface area contributed by atoms with Crippen molar-refractivity contribution >= 4 is 41.6 Å². The van der Waals surface area contributed by atoms with Crippen LogP contribution >= 0.6 is 19.8 Å². The van der Waals surface area contributed by atoms with Crippen LogP contribution in [0.4, 0.5) is 0 Å². The summed E-state index contributed by atoms with van der Waals surface area (Å²) >= 11 is 4.44. The van der Waals surface area contributed by atoms with Gasteiger partial charge in [-0.3, -0.25) is 4.57 Å². The molecule has 0 amide bonds. The average molecular weight is 327 g/mol. The van der Waals surface area contributed by atoms with Crippen molar-refractivity contribution in [2.24, 2.45) is 5.10 Å². The van der Waals surface area contributed by atoms with E-state index in [0.29, 0.717) is 12.7 Å². The molecular weight excluding hydrogens is 303 g/mol. The number of hydrogen-bond donors (Lipinski definition) is 1. The van der Waals surface area contributed by atoms with Crippen LogP contribution in [0.15, 0.2) is 5.10 Å². The average Bonchev–Trinajstić information content (AvgIpc) is 2.05. The van der Waals surface area contributed by atoms with Gasteiger partial charge in [0.1, 0.15) is 0 Å². The number of isothiocyanates is 1. The molecule has 0 aromatic rings. The van der Waals surface area contributed by atoms with Crippen molar-refractivity contribution in [2.75, 3.05) is 12.7 Å². The van der Waals surface area contributed by atoms with Crippen LogP contribution in [-0.4, -0.2) is 34.5 Å². The fourth-order valence-electron chi connectivity index (χ4n) is 1.22. The van der Waals surface area contributed by atoms with Crippen molar-refractivity contribution in [2.45, 2.75) is 39.3 Å². The Morgan fingerprint density at radius 2 is 1.61 bits per heavy atom. The summed E-state index contributed by atoms with van der Waals surface area (Å²) in [6.07, 6.45) is 0.294. The first-order chi connectivity index (χ1) is 7.97. The Bertz CT molecular complexity index is 342. The molecule has 0 saturated carbocycles. The van der Waals surface area contributed by atoms with Crippen molar-refractivity contribution in [1.82, 2.24) is 5.43 Å². The van der Waals surface area contributed by atoms with Crippen LogP contribution in [-0.2, 0) is 13.0 Å². The van der Waals surface area contributed by atoms with Gasteiger partial charge in [0.05, 0.1) is 11.3 Å². The second-order valence-corrected chi connectivity index (χ2v) is 17.6. The van der Waals surface area contributed by atoms with Gasteiger partial charge in [-0.15, -0.1) is 5.10 Å². The molecule has 1 N–H and O–H groups in total. The quantitative estimate of drug-likeness (QED) is 0.185. The fourth-order valence-corrected chi connectivity index (χ4v) is 9.55. The van der Waals surface area contributed by atoms with Gasteiger partial charge in [0.25, 0.3) is 0 Å². The zero-order valence-corrected chi connectivity index (χ0v) is 15.7.